The standard InChI is InChI=1S/C20H18ClF4N5O/c1-11(30-16(12-5-6-12)9-17(27-30)20(23,24)25)19(31)26-18-7-8-29(28-18)10-13-14(21)3-2-4-15(13)22/h2-4,7-9,11-12H,5-6,10H2,1H3,(H,26,28,31). The van der Waals surface area contributed by atoms with Gasteiger partial charge < -0.3 is 5.32 Å². The van der Waals surface area contributed by atoms with E-state index in [9.17, 15) is 22.4 Å². The summed E-state index contributed by atoms with van der Waals surface area (Å²) >= 11 is 6.02. The molecule has 31 heavy (non-hydrogen) atoms. The van der Waals surface area contributed by atoms with Crippen LogP contribution in [0.25, 0.3) is 0 Å². The minimum absolute atomic E-state index is 0.0245. The van der Waals surface area contributed by atoms with Crippen LogP contribution in [0.15, 0.2) is 36.5 Å². The van der Waals surface area contributed by atoms with Crippen molar-refractivity contribution >= 4 is 23.3 Å². The van der Waals surface area contributed by atoms with Crippen LogP contribution in [0.1, 0.15) is 48.7 Å². The van der Waals surface area contributed by atoms with Crippen LogP contribution in [0.4, 0.5) is 23.4 Å². The number of hydrogen-bond acceptors (Lipinski definition) is 3. The monoisotopic (exact) mass is 455 g/mol. The molecule has 1 N–H and O–H groups in total. The van der Waals surface area contributed by atoms with E-state index in [0.29, 0.717) is 5.69 Å². The molecule has 0 aliphatic heterocycles. The minimum Gasteiger partial charge on any atom is -0.307 e. The second kappa shape index (κ2) is 7.99. The van der Waals surface area contributed by atoms with Crippen molar-refractivity contribution in [1.29, 1.82) is 0 Å². The highest BCUT2D eigenvalue weighted by Crippen LogP contribution is 2.43. The van der Waals surface area contributed by atoms with Crippen LogP contribution < -0.4 is 5.32 Å². The van der Waals surface area contributed by atoms with Gasteiger partial charge in [-0.05, 0) is 38.0 Å². The first kappa shape index (κ1) is 21.4. The fourth-order valence-corrected chi connectivity index (χ4v) is 3.47. The summed E-state index contributed by atoms with van der Waals surface area (Å²) < 4.78 is 55.8. The van der Waals surface area contributed by atoms with Crippen LogP contribution in [0, 0.1) is 5.82 Å². The van der Waals surface area contributed by atoms with E-state index in [0.717, 1.165) is 23.6 Å². The van der Waals surface area contributed by atoms with Crippen molar-refractivity contribution in [2.45, 2.75) is 44.4 Å². The molecular formula is C20H18ClF4N5O. The highest BCUT2D eigenvalue weighted by Gasteiger charge is 2.39. The van der Waals surface area contributed by atoms with E-state index in [1.54, 1.807) is 6.07 Å². The van der Waals surface area contributed by atoms with Gasteiger partial charge in [-0.15, -0.1) is 0 Å². The highest BCUT2D eigenvalue weighted by atomic mass is 35.5. The first-order valence-electron chi connectivity index (χ1n) is 9.57. The molecule has 1 atom stereocenters. The van der Waals surface area contributed by atoms with Crippen LogP contribution in [0.3, 0.4) is 0 Å². The summed E-state index contributed by atoms with van der Waals surface area (Å²) in [5, 5.41) is 10.6. The molecule has 1 unspecified atom stereocenters. The zero-order valence-electron chi connectivity index (χ0n) is 16.3. The summed E-state index contributed by atoms with van der Waals surface area (Å²) in [5.41, 5.74) is -0.362. The molecule has 2 heterocycles. The molecule has 1 amide bonds. The van der Waals surface area contributed by atoms with Gasteiger partial charge in [-0.25, -0.2) is 4.39 Å². The SMILES string of the molecule is CC(C(=O)Nc1ccn(Cc2c(F)cccc2Cl)n1)n1nc(C(F)(F)F)cc1C1CC1. The average molecular weight is 456 g/mol. The van der Waals surface area contributed by atoms with Gasteiger partial charge in [0.05, 0.1) is 6.54 Å². The lowest BCUT2D eigenvalue weighted by molar-refractivity contribution is -0.141. The molecule has 164 valence electrons. The molecule has 0 spiro atoms. The van der Waals surface area contributed by atoms with Gasteiger partial charge >= 0.3 is 6.18 Å². The second-order valence-electron chi connectivity index (χ2n) is 7.44. The number of anilines is 1. The second-order valence-corrected chi connectivity index (χ2v) is 7.84. The average Bonchev–Trinajstić information content (AvgIpc) is 3.28. The Morgan fingerprint density at radius 1 is 1.29 bits per heavy atom. The smallest absolute Gasteiger partial charge is 0.307 e. The van der Waals surface area contributed by atoms with Crippen molar-refractivity contribution in [3.63, 3.8) is 0 Å². The molecule has 1 aliphatic rings. The van der Waals surface area contributed by atoms with Crippen molar-refractivity contribution in [3.05, 3.63) is 64.3 Å². The zero-order valence-corrected chi connectivity index (χ0v) is 17.1. The first-order valence-corrected chi connectivity index (χ1v) is 9.95. The lowest BCUT2D eigenvalue weighted by Gasteiger charge is -2.15. The maximum atomic E-state index is 14.0. The van der Waals surface area contributed by atoms with Gasteiger partial charge in [-0.3, -0.25) is 14.2 Å². The number of hydrogen-bond donors (Lipinski definition) is 1. The van der Waals surface area contributed by atoms with Gasteiger partial charge in [0.1, 0.15) is 11.9 Å². The number of alkyl halides is 3. The van der Waals surface area contributed by atoms with E-state index in [1.165, 1.54) is 36.0 Å². The van der Waals surface area contributed by atoms with E-state index in [-0.39, 0.29) is 28.9 Å². The van der Waals surface area contributed by atoms with Crippen molar-refractivity contribution in [2.75, 3.05) is 5.32 Å². The third kappa shape index (κ3) is 4.58. The van der Waals surface area contributed by atoms with E-state index >= 15 is 0 Å². The Kier molecular flexibility index (Phi) is 5.50. The highest BCUT2D eigenvalue weighted by molar-refractivity contribution is 6.31. The van der Waals surface area contributed by atoms with Gasteiger partial charge in [0.25, 0.3) is 0 Å². The minimum atomic E-state index is -4.59. The molecule has 1 fully saturated rings. The summed E-state index contributed by atoms with van der Waals surface area (Å²) in [6.45, 7) is 1.53. The number of carbonyl (C=O) groups is 1. The van der Waals surface area contributed by atoms with E-state index in [2.05, 4.69) is 15.5 Å². The molecule has 0 bridgehead atoms. The van der Waals surface area contributed by atoms with Crippen LogP contribution in [-0.4, -0.2) is 25.5 Å². The van der Waals surface area contributed by atoms with Crippen molar-refractivity contribution in [1.82, 2.24) is 19.6 Å². The molecule has 1 aromatic carbocycles. The number of benzene rings is 1. The summed E-state index contributed by atoms with van der Waals surface area (Å²) in [6, 6.07) is 5.88. The molecule has 11 heteroatoms. The van der Waals surface area contributed by atoms with Crippen molar-refractivity contribution < 1.29 is 22.4 Å². The lowest BCUT2D eigenvalue weighted by Crippen LogP contribution is -2.26. The van der Waals surface area contributed by atoms with Crippen molar-refractivity contribution in [3.8, 4) is 0 Å². The van der Waals surface area contributed by atoms with Crippen LogP contribution in [0.5, 0.6) is 0 Å². The molecule has 1 saturated carbocycles. The van der Waals surface area contributed by atoms with Gasteiger partial charge in [0, 0.05) is 34.5 Å². The summed E-state index contributed by atoms with van der Waals surface area (Å²) in [4.78, 5) is 12.7. The third-order valence-corrected chi connectivity index (χ3v) is 5.42. The third-order valence-electron chi connectivity index (χ3n) is 5.07. The predicted molar refractivity (Wildman–Crippen MR) is 105 cm³/mol. The number of rotatable bonds is 6. The van der Waals surface area contributed by atoms with Crippen molar-refractivity contribution in [2.24, 2.45) is 0 Å². The Balaban J connectivity index is 1.49. The number of carbonyl (C=O) groups excluding carboxylic acids is 1. The van der Waals surface area contributed by atoms with Gasteiger partial charge in [-0.2, -0.15) is 23.4 Å². The lowest BCUT2D eigenvalue weighted by atomic mass is 10.2. The molecule has 3 aromatic rings. The Labute approximate surface area is 179 Å². The molecular weight excluding hydrogens is 438 g/mol. The largest absolute Gasteiger partial charge is 0.435 e. The van der Waals surface area contributed by atoms with Crippen LogP contribution >= 0.6 is 11.6 Å². The predicted octanol–water partition coefficient (Wildman–Crippen LogP) is 5.02. The normalized spacial score (nSPS) is 15.2. The Hall–Kier alpha value is -2.88. The molecule has 1 aliphatic carbocycles. The Morgan fingerprint density at radius 2 is 2.03 bits per heavy atom. The Bertz CT molecular complexity index is 1100. The fourth-order valence-electron chi connectivity index (χ4n) is 3.25. The molecule has 4 rings (SSSR count). The fraction of sp³-hybridized carbons (Fsp3) is 0.350. The summed E-state index contributed by atoms with van der Waals surface area (Å²) in [6.07, 6.45) is -1.52. The topological polar surface area (TPSA) is 64.7 Å². The van der Waals surface area contributed by atoms with E-state index in [1.807, 2.05) is 0 Å². The van der Waals surface area contributed by atoms with Gasteiger partial charge in [-0.1, -0.05) is 17.7 Å². The molecule has 0 radical (unpaired) electrons. The van der Waals surface area contributed by atoms with E-state index in [4.69, 9.17) is 11.6 Å². The van der Waals surface area contributed by atoms with E-state index < -0.39 is 29.6 Å². The van der Waals surface area contributed by atoms with Crippen LogP contribution in [0.2, 0.25) is 5.02 Å². The number of amides is 1. The molecule has 0 saturated heterocycles. The number of nitrogens with zero attached hydrogens (tertiary/aromatic N) is 4. The number of nitrogens with one attached hydrogen (secondary N) is 1. The zero-order chi connectivity index (χ0) is 22.3. The number of halogens is 5. The maximum Gasteiger partial charge on any atom is 0.435 e. The molecule has 2 aromatic heterocycles. The van der Waals surface area contributed by atoms with Gasteiger partial charge in [0.2, 0.25) is 5.91 Å². The maximum absolute atomic E-state index is 14.0. The van der Waals surface area contributed by atoms with Crippen LogP contribution in [-0.2, 0) is 17.5 Å². The number of aromatic nitrogens is 4. The first-order chi connectivity index (χ1) is 14.6. The van der Waals surface area contributed by atoms with Gasteiger partial charge in [0.15, 0.2) is 11.5 Å². The quantitative estimate of drug-likeness (QED) is 0.531. The Morgan fingerprint density at radius 3 is 2.68 bits per heavy atom. The molecule has 6 nitrogen and oxygen atoms in total. The summed E-state index contributed by atoms with van der Waals surface area (Å²) in [5.74, 6) is -0.883. The summed E-state index contributed by atoms with van der Waals surface area (Å²) in [7, 11) is 0.